The third-order valence-electron chi connectivity index (χ3n) is 4.24. The summed E-state index contributed by atoms with van der Waals surface area (Å²) in [5, 5.41) is 1.05. The second-order valence-corrected chi connectivity index (χ2v) is 6.99. The van der Waals surface area contributed by atoms with Crippen molar-refractivity contribution in [1.82, 2.24) is 4.90 Å². The number of nitrogens with zero attached hydrogens (tertiary/aromatic N) is 2. The summed E-state index contributed by atoms with van der Waals surface area (Å²) in [7, 11) is 0. The van der Waals surface area contributed by atoms with Crippen molar-refractivity contribution in [3.05, 3.63) is 63.9 Å². The monoisotopic (exact) mass is 394 g/mol. The van der Waals surface area contributed by atoms with Crippen LogP contribution in [0.25, 0.3) is 0 Å². The quantitative estimate of drug-likeness (QED) is 0.787. The van der Waals surface area contributed by atoms with Crippen LogP contribution in [0.4, 0.5) is 10.1 Å². The second-order valence-electron chi connectivity index (χ2n) is 6.12. The molecule has 0 aliphatic carbocycles. The molecule has 2 aromatic carbocycles. The van der Waals surface area contributed by atoms with Crippen molar-refractivity contribution in [2.24, 2.45) is 0 Å². The van der Waals surface area contributed by atoms with E-state index < -0.39 is 5.82 Å². The average Bonchev–Trinajstić information content (AvgIpc) is 2.58. The first kappa shape index (κ1) is 18.7. The van der Waals surface area contributed by atoms with Crippen LogP contribution in [0.15, 0.2) is 42.5 Å². The zero-order valence-electron chi connectivity index (χ0n) is 13.9. The van der Waals surface area contributed by atoms with Crippen LogP contribution in [-0.4, -0.2) is 36.3 Å². The Kier molecular flexibility index (Phi) is 5.79. The summed E-state index contributed by atoms with van der Waals surface area (Å²) in [4.78, 5) is 27.8. The van der Waals surface area contributed by atoms with Crippen molar-refractivity contribution in [1.29, 1.82) is 0 Å². The van der Waals surface area contributed by atoms with Gasteiger partial charge in [0.05, 0.1) is 0 Å². The van der Waals surface area contributed by atoms with Crippen LogP contribution in [0.2, 0.25) is 10.0 Å². The Morgan fingerprint density at radius 3 is 2.46 bits per heavy atom. The Balaban J connectivity index is 1.58. The van der Waals surface area contributed by atoms with Gasteiger partial charge in [-0.3, -0.25) is 9.59 Å². The van der Waals surface area contributed by atoms with Crippen molar-refractivity contribution in [3.63, 3.8) is 0 Å². The maximum atomic E-state index is 13.4. The molecule has 2 aromatic rings. The maximum absolute atomic E-state index is 13.4. The van der Waals surface area contributed by atoms with Crippen LogP contribution in [0.3, 0.4) is 0 Å². The summed E-state index contributed by atoms with van der Waals surface area (Å²) in [5.74, 6) is -0.719. The van der Waals surface area contributed by atoms with Gasteiger partial charge in [0.15, 0.2) is 0 Å². The maximum Gasteiger partial charge on any atom is 0.246 e. The van der Waals surface area contributed by atoms with Crippen molar-refractivity contribution < 1.29 is 14.0 Å². The third-order valence-corrected chi connectivity index (χ3v) is 4.68. The van der Waals surface area contributed by atoms with Crippen LogP contribution in [0.1, 0.15) is 12.0 Å². The Labute approximate surface area is 161 Å². The van der Waals surface area contributed by atoms with E-state index in [1.54, 1.807) is 30.3 Å². The van der Waals surface area contributed by atoms with Crippen LogP contribution >= 0.6 is 23.2 Å². The molecule has 4 nitrogen and oxygen atoms in total. The van der Waals surface area contributed by atoms with E-state index in [9.17, 15) is 14.0 Å². The number of aryl methyl sites for hydroxylation is 1. The lowest BCUT2D eigenvalue weighted by Gasteiger charge is -2.34. The molecule has 2 amide bonds. The second kappa shape index (κ2) is 8.06. The van der Waals surface area contributed by atoms with E-state index in [1.807, 2.05) is 0 Å². The molecule has 0 spiro atoms. The molecule has 0 bridgehead atoms. The summed E-state index contributed by atoms with van der Waals surface area (Å²) in [5.41, 5.74) is 1.39. The molecule has 0 radical (unpaired) electrons. The Hall–Kier alpha value is -2.11. The number of hydrogen-bond donors (Lipinski definition) is 0. The fourth-order valence-corrected chi connectivity index (χ4v) is 3.54. The predicted octanol–water partition coefficient (Wildman–Crippen LogP) is 3.94. The van der Waals surface area contributed by atoms with Gasteiger partial charge >= 0.3 is 0 Å². The van der Waals surface area contributed by atoms with Gasteiger partial charge in [0.2, 0.25) is 11.8 Å². The molecule has 0 atom stereocenters. The van der Waals surface area contributed by atoms with Gasteiger partial charge in [-0.2, -0.15) is 0 Å². The van der Waals surface area contributed by atoms with E-state index in [2.05, 4.69) is 0 Å². The lowest BCUT2D eigenvalue weighted by Crippen LogP contribution is -2.52. The largest absolute Gasteiger partial charge is 0.332 e. The average molecular weight is 395 g/mol. The normalized spacial score (nSPS) is 14.7. The molecule has 1 saturated heterocycles. The number of halogens is 3. The minimum Gasteiger partial charge on any atom is -0.332 e. The van der Waals surface area contributed by atoms with Gasteiger partial charge in [-0.15, -0.1) is 0 Å². The summed E-state index contributed by atoms with van der Waals surface area (Å²) < 4.78 is 13.4. The number of anilines is 1. The van der Waals surface area contributed by atoms with Gasteiger partial charge in [-0.25, -0.2) is 4.39 Å². The van der Waals surface area contributed by atoms with E-state index in [-0.39, 0.29) is 24.8 Å². The minimum absolute atomic E-state index is 0.00829. The van der Waals surface area contributed by atoms with Crippen molar-refractivity contribution in [2.45, 2.75) is 12.8 Å². The van der Waals surface area contributed by atoms with E-state index in [0.29, 0.717) is 35.2 Å². The first-order valence-electron chi connectivity index (χ1n) is 8.21. The number of carbonyl (C=O) groups is 2. The molecule has 0 saturated carbocycles. The Morgan fingerprint density at radius 1 is 1.08 bits per heavy atom. The van der Waals surface area contributed by atoms with E-state index in [4.69, 9.17) is 23.2 Å². The highest BCUT2D eigenvalue weighted by molar-refractivity contribution is 6.34. The highest BCUT2D eigenvalue weighted by Crippen LogP contribution is 2.21. The number of benzene rings is 2. The van der Waals surface area contributed by atoms with E-state index in [1.165, 1.54) is 21.9 Å². The molecule has 1 fully saturated rings. The van der Waals surface area contributed by atoms with Crippen LogP contribution < -0.4 is 4.90 Å². The molecule has 0 unspecified atom stereocenters. The molecule has 136 valence electrons. The smallest absolute Gasteiger partial charge is 0.246 e. The first-order chi connectivity index (χ1) is 12.4. The predicted molar refractivity (Wildman–Crippen MR) is 100 cm³/mol. The fraction of sp³-hybridized carbons (Fsp3) is 0.263. The third kappa shape index (κ3) is 4.54. The molecule has 1 aliphatic rings. The highest BCUT2D eigenvalue weighted by Gasteiger charge is 2.27. The van der Waals surface area contributed by atoms with Crippen LogP contribution in [-0.2, 0) is 16.0 Å². The molecule has 0 aromatic heterocycles. The first-order valence-corrected chi connectivity index (χ1v) is 8.96. The number of amides is 2. The lowest BCUT2D eigenvalue weighted by atomic mass is 10.1. The van der Waals surface area contributed by atoms with E-state index in [0.717, 1.165) is 5.56 Å². The summed E-state index contributed by atoms with van der Waals surface area (Å²) in [6.45, 7) is 0.750. The Bertz CT molecular complexity index is 824. The Morgan fingerprint density at radius 2 is 1.81 bits per heavy atom. The minimum atomic E-state index is -0.394. The topological polar surface area (TPSA) is 40.6 Å². The van der Waals surface area contributed by atoms with Gasteiger partial charge in [0, 0.05) is 35.2 Å². The molecule has 3 rings (SSSR count). The number of piperazine rings is 1. The van der Waals surface area contributed by atoms with Crippen molar-refractivity contribution >= 4 is 40.7 Å². The van der Waals surface area contributed by atoms with Gasteiger partial charge < -0.3 is 9.80 Å². The summed E-state index contributed by atoms with van der Waals surface area (Å²) >= 11 is 11.9. The van der Waals surface area contributed by atoms with Crippen LogP contribution in [0, 0.1) is 5.82 Å². The van der Waals surface area contributed by atoms with Gasteiger partial charge in [-0.1, -0.05) is 29.3 Å². The number of rotatable bonds is 4. The molecule has 1 aliphatic heterocycles. The van der Waals surface area contributed by atoms with Crippen LogP contribution in [0.5, 0.6) is 0 Å². The van der Waals surface area contributed by atoms with Gasteiger partial charge in [-0.05, 0) is 48.4 Å². The molecule has 0 N–H and O–H groups in total. The lowest BCUT2D eigenvalue weighted by molar-refractivity contribution is -0.136. The fourth-order valence-electron chi connectivity index (χ4n) is 2.97. The number of carbonyl (C=O) groups excluding carboxylic acids is 2. The molecule has 1 heterocycles. The number of hydrogen-bond acceptors (Lipinski definition) is 2. The van der Waals surface area contributed by atoms with E-state index >= 15 is 0 Å². The summed E-state index contributed by atoms with van der Waals surface area (Å²) in [6, 6.07) is 11.1. The van der Waals surface area contributed by atoms with Gasteiger partial charge in [0.1, 0.15) is 12.4 Å². The zero-order chi connectivity index (χ0) is 18.7. The summed E-state index contributed by atoms with van der Waals surface area (Å²) in [6.07, 6.45) is 0.765. The molecule has 7 heteroatoms. The molecular formula is C19H17Cl2FN2O2. The highest BCUT2D eigenvalue weighted by atomic mass is 35.5. The van der Waals surface area contributed by atoms with Gasteiger partial charge in [0.25, 0.3) is 0 Å². The SMILES string of the molecule is O=C(CCc1cc(Cl)cc(Cl)c1)N1CCN(c2cccc(F)c2)C(=O)C1. The van der Waals surface area contributed by atoms with Crippen molar-refractivity contribution in [3.8, 4) is 0 Å². The standard InChI is InChI=1S/C19H17Cl2FN2O2/c20-14-8-13(9-15(21)10-14)4-5-18(25)23-6-7-24(19(26)12-23)17-3-1-2-16(22)11-17/h1-3,8-11H,4-7,12H2. The zero-order valence-corrected chi connectivity index (χ0v) is 15.4. The van der Waals surface area contributed by atoms with Crippen molar-refractivity contribution in [2.75, 3.05) is 24.5 Å². The molecule has 26 heavy (non-hydrogen) atoms. The molecular weight excluding hydrogens is 378 g/mol.